The van der Waals surface area contributed by atoms with Gasteiger partial charge in [0.05, 0.1) is 12.1 Å². The van der Waals surface area contributed by atoms with Gasteiger partial charge in [-0.05, 0) is 32.4 Å². The third kappa shape index (κ3) is 4.15. The number of hydrogen-bond acceptors (Lipinski definition) is 7. The second kappa shape index (κ2) is 9.08. The van der Waals surface area contributed by atoms with Crippen molar-refractivity contribution >= 4 is 23.2 Å². The van der Waals surface area contributed by atoms with Gasteiger partial charge in [-0.1, -0.05) is 17.4 Å². The lowest BCUT2D eigenvalue weighted by molar-refractivity contribution is -0.142. The van der Waals surface area contributed by atoms with Crippen molar-refractivity contribution in [3.8, 4) is 16.3 Å². The van der Waals surface area contributed by atoms with Gasteiger partial charge in [0.15, 0.2) is 16.5 Å². The lowest BCUT2D eigenvalue weighted by Gasteiger charge is -2.47. The molecule has 1 atom stereocenters. The minimum Gasteiger partial charge on any atom is -0.503 e. The molecule has 0 unspecified atom stereocenters. The standard InChI is InChI=1S/C24H25F2N5O4S/c1-12(2)31-22(34)18-20(33)19(32)15(10-30(18)11-24(31,3)23(35)29(4)5)21-28-27-17(36-21)8-13-6-7-14(25)9-16(13)26/h6-7,9-10,12,33H,8,11H2,1-5H3/t24-/m0/s1. The van der Waals surface area contributed by atoms with Gasteiger partial charge in [-0.15, -0.1) is 10.2 Å². The number of halogens is 2. The van der Waals surface area contributed by atoms with Gasteiger partial charge in [0.25, 0.3) is 5.91 Å². The Hall–Kier alpha value is -3.67. The van der Waals surface area contributed by atoms with E-state index in [9.17, 15) is 28.3 Å². The normalized spacial score (nSPS) is 17.4. The second-order valence-corrected chi connectivity index (χ2v) is 10.4. The molecule has 2 aromatic heterocycles. The third-order valence-electron chi connectivity index (χ3n) is 6.12. The highest BCUT2D eigenvalue weighted by Crippen LogP contribution is 2.34. The number of aromatic hydroxyl groups is 1. The number of aromatic nitrogens is 3. The topological polar surface area (TPSA) is 109 Å². The van der Waals surface area contributed by atoms with Crippen molar-refractivity contribution in [3.63, 3.8) is 0 Å². The quantitative estimate of drug-likeness (QED) is 0.558. The summed E-state index contributed by atoms with van der Waals surface area (Å²) in [4.78, 5) is 42.4. The summed E-state index contributed by atoms with van der Waals surface area (Å²) in [5.74, 6) is -3.12. The molecule has 0 radical (unpaired) electrons. The van der Waals surface area contributed by atoms with Gasteiger partial charge in [0.1, 0.15) is 22.2 Å². The average Bonchev–Trinajstić information content (AvgIpc) is 3.25. The van der Waals surface area contributed by atoms with Crippen molar-refractivity contribution in [1.82, 2.24) is 24.6 Å². The summed E-state index contributed by atoms with van der Waals surface area (Å²) in [7, 11) is 3.18. The van der Waals surface area contributed by atoms with E-state index in [1.54, 1.807) is 34.9 Å². The summed E-state index contributed by atoms with van der Waals surface area (Å²) in [6.07, 6.45) is 1.41. The highest BCUT2D eigenvalue weighted by Gasteiger charge is 2.50. The largest absolute Gasteiger partial charge is 0.503 e. The van der Waals surface area contributed by atoms with Gasteiger partial charge in [-0.2, -0.15) is 0 Å². The smallest absolute Gasteiger partial charge is 0.275 e. The number of carbonyl (C=O) groups excluding carboxylic acids is 2. The molecule has 0 saturated carbocycles. The maximum Gasteiger partial charge on any atom is 0.275 e. The maximum absolute atomic E-state index is 14.1. The van der Waals surface area contributed by atoms with Crippen molar-refractivity contribution in [3.05, 3.63) is 62.5 Å². The van der Waals surface area contributed by atoms with Crippen LogP contribution in [0.25, 0.3) is 10.6 Å². The Morgan fingerprint density at radius 1 is 1.25 bits per heavy atom. The molecule has 12 heteroatoms. The van der Waals surface area contributed by atoms with E-state index >= 15 is 0 Å². The molecule has 1 aliphatic rings. The molecule has 2 amide bonds. The zero-order valence-corrected chi connectivity index (χ0v) is 21.2. The van der Waals surface area contributed by atoms with Gasteiger partial charge >= 0.3 is 0 Å². The van der Waals surface area contributed by atoms with E-state index in [1.165, 1.54) is 26.6 Å². The van der Waals surface area contributed by atoms with E-state index in [2.05, 4.69) is 10.2 Å². The van der Waals surface area contributed by atoms with Crippen LogP contribution >= 0.6 is 11.3 Å². The van der Waals surface area contributed by atoms with Crippen molar-refractivity contribution in [2.75, 3.05) is 14.1 Å². The molecule has 3 heterocycles. The van der Waals surface area contributed by atoms with Gasteiger partial charge in [-0.3, -0.25) is 14.4 Å². The van der Waals surface area contributed by atoms with Crippen LogP contribution in [-0.2, 0) is 17.8 Å². The molecule has 0 saturated heterocycles. The summed E-state index contributed by atoms with van der Waals surface area (Å²) >= 11 is 1.01. The highest BCUT2D eigenvalue weighted by molar-refractivity contribution is 7.14. The average molecular weight is 518 g/mol. The highest BCUT2D eigenvalue weighted by atomic mass is 32.1. The van der Waals surface area contributed by atoms with Crippen LogP contribution in [0.5, 0.6) is 5.75 Å². The van der Waals surface area contributed by atoms with Crippen LogP contribution in [0, 0.1) is 11.6 Å². The van der Waals surface area contributed by atoms with E-state index in [4.69, 9.17) is 0 Å². The molecule has 1 aromatic carbocycles. The number of nitrogens with zero attached hydrogens (tertiary/aromatic N) is 5. The van der Waals surface area contributed by atoms with E-state index in [1.807, 2.05) is 0 Å². The van der Waals surface area contributed by atoms with Crippen LogP contribution in [0.1, 0.15) is 41.8 Å². The summed E-state index contributed by atoms with van der Waals surface area (Å²) in [6.45, 7) is 5.15. The fourth-order valence-corrected chi connectivity index (χ4v) is 5.49. The number of pyridine rings is 1. The predicted molar refractivity (Wildman–Crippen MR) is 129 cm³/mol. The molecule has 0 spiro atoms. The number of likely N-dealkylation sites (N-methyl/N-ethyl adjacent to an activating group) is 1. The Balaban J connectivity index is 1.78. The number of benzene rings is 1. The van der Waals surface area contributed by atoms with Crippen LogP contribution in [0.2, 0.25) is 0 Å². The number of carbonyl (C=O) groups is 2. The molecule has 1 aliphatic heterocycles. The zero-order valence-electron chi connectivity index (χ0n) is 20.4. The maximum atomic E-state index is 14.1. The summed E-state index contributed by atoms with van der Waals surface area (Å²) < 4.78 is 28.7. The minimum atomic E-state index is -1.27. The third-order valence-corrected chi connectivity index (χ3v) is 7.08. The molecular formula is C24H25F2N5O4S. The van der Waals surface area contributed by atoms with E-state index in [0.717, 1.165) is 23.5 Å². The van der Waals surface area contributed by atoms with E-state index in [-0.39, 0.29) is 46.7 Å². The number of hydrogen-bond donors (Lipinski definition) is 1. The Morgan fingerprint density at radius 2 is 1.94 bits per heavy atom. The van der Waals surface area contributed by atoms with Gasteiger partial charge in [0.2, 0.25) is 11.3 Å². The minimum absolute atomic E-state index is 0.00341. The summed E-state index contributed by atoms with van der Waals surface area (Å²) in [5, 5.41) is 19.3. The number of fused-ring (bicyclic) bond motifs is 1. The van der Waals surface area contributed by atoms with Gasteiger partial charge in [-0.25, -0.2) is 8.78 Å². The molecule has 1 N–H and O–H groups in total. The first kappa shape index (κ1) is 25.4. The van der Waals surface area contributed by atoms with E-state index in [0.29, 0.717) is 5.01 Å². The molecule has 0 bridgehead atoms. The molecule has 190 valence electrons. The van der Waals surface area contributed by atoms with Crippen LogP contribution in [0.15, 0.2) is 29.2 Å². The lowest BCUT2D eigenvalue weighted by Crippen LogP contribution is -2.65. The van der Waals surface area contributed by atoms with Gasteiger partial charge < -0.3 is 19.5 Å². The van der Waals surface area contributed by atoms with Crippen LogP contribution in [-0.4, -0.2) is 67.2 Å². The Labute approximate surface area is 209 Å². The molecular weight excluding hydrogens is 492 g/mol. The fourth-order valence-electron chi connectivity index (χ4n) is 4.62. The monoisotopic (exact) mass is 517 g/mol. The van der Waals surface area contributed by atoms with Gasteiger partial charge in [0, 0.05) is 38.8 Å². The number of amides is 2. The van der Waals surface area contributed by atoms with Crippen LogP contribution in [0.3, 0.4) is 0 Å². The summed E-state index contributed by atoms with van der Waals surface area (Å²) in [5.41, 5.74) is -2.09. The van der Waals surface area contributed by atoms with Crippen molar-refractivity contribution in [2.24, 2.45) is 0 Å². The predicted octanol–water partition coefficient (Wildman–Crippen LogP) is 2.65. The molecule has 4 rings (SSSR count). The molecule has 3 aromatic rings. The Bertz CT molecular complexity index is 1430. The molecule has 36 heavy (non-hydrogen) atoms. The van der Waals surface area contributed by atoms with E-state index < -0.39 is 34.3 Å². The Morgan fingerprint density at radius 3 is 2.56 bits per heavy atom. The first-order chi connectivity index (χ1) is 16.8. The van der Waals surface area contributed by atoms with Crippen LogP contribution < -0.4 is 5.43 Å². The Kier molecular flexibility index (Phi) is 6.41. The second-order valence-electron chi connectivity index (χ2n) is 9.35. The van der Waals surface area contributed by atoms with Crippen molar-refractivity contribution in [1.29, 1.82) is 0 Å². The fraction of sp³-hybridized carbons (Fsp3) is 0.375. The van der Waals surface area contributed by atoms with Crippen molar-refractivity contribution < 1.29 is 23.5 Å². The molecule has 0 fully saturated rings. The molecule has 0 aliphatic carbocycles. The molecule has 9 nitrogen and oxygen atoms in total. The lowest BCUT2D eigenvalue weighted by atomic mass is 9.91. The first-order valence-electron chi connectivity index (χ1n) is 11.1. The van der Waals surface area contributed by atoms with Crippen LogP contribution in [0.4, 0.5) is 8.78 Å². The SMILES string of the molecule is CC(C)N1C(=O)c2c(O)c(=O)c(-c3nnc(Cc4ccc(F)cc4F)s3)cn2C[C@@]1(C)C(=O)N(C)C. The van der Waals surface area contributed by atoms with Crippen molar-refractivity contribution in [2.45, 2.75) is 45.3 Å². The first-order valence-corrected chi connectivity index (χ1v) is 11.9. The summed E-state index contributed by atoms with van der Waals surface area (Å²) in [6, 6.07) is 2.83. The number of rotatable bonds is 5. The zero-order chi connectivity index (χ0) is 26.5.